The standard InChI is InChI=1S/C11H17N3O2S/c12-17(15,16)11-5-10(6-13-8-1-2-8)14(7-11)9-3-4-9/h5,7-9,13H,1-4,6H2,(H2,12,15,16). The fraction of sp³-hybridized carbons (Fsp3) is 0.636. The number of hydrogen-bond acceptors (Lipinski definition) is 3. The third-order valence-electron chi connectivity index (χ3n) is 3.32. The Bertz CT molecular complexity index is 527. The molecule has 1 heterocycles. The minimum Gasteiger partial charge on any atom is -0.346 e. The van der Waals surface area contributed by atoms with Gasteiger partial charge in [-0.25, -0.2) is 13.6 Å². The first-order valence-corrected chi connectivity index (χ1v) is 7.55. The van der Waals surface area contributed by atoms with E-state index in [0.29, 0.717) is 12.1 Å². The minimum atomic E-state index is -3.58. The van der Waals surface area contributed by atoms with Crippen molar-refractivity contribution in [3.8, 4) is 0 Å². The van der Waals surface area contributed by atoms with Gasteiger partial charge in [-0.05, 0) is 31.7 Å². The second-order valence-electron chi connectivity index (χ2n) is 5.01. The first-order valence-electron chi connectivity index (χ1n) is 6.01. The number of hydrogen-bond donors (Lipinski definition) is 2. The van der Waals surface area contributed by atoms with Crippen LogP contribution in [0.15, 0.2) is 17.2 Å². The number of nitrogens with one attached hydrogen (secondary N) is 1. The first kappa shape index (κ1) is 11.3. The lowest BCUT2D eigenvalue weighted by Crippen LogP contribution is -2.17. The van der Waals surface area contributed by atoms with E-state index in [9.17, 15) is 8.42 Å². The fourth-order valence-corrected chi connectivity index (χ4v) is 2.58. The summed E-state index contributed by atoms with van der Waals surface area (Å²) in [6.07, 6.45) is 6.40. The van der Waals surface area contributed by atoms with Crippen LogP contribution in [0.1, 0.15) is 37.4 Å². The Morgan fingerprint density at radius 2 is 2.06 bits per heavy atom. The highest BCUT2D eigenvalue weighted by molar-refractivity contribution is 7.89. The van der Waals surface area contributed by atoms with Gasteiger partial charge in [0.15, 0.2) is 0 Å². The van der Waals surface area contributed by atoms with Gasteiger partial charge >= 0.3 is 0 Å². The minimum absolute atomic E-state index is 0.233. The number of aromatic nitrogens is 1. The van der Waals surface area contributed by atoms with E-state index in [2.05, 4.69) is 9.88 Å². The smallest absolute Gasteiger partial charge is 0.239 e. The number of nitrogens with two attached hydrogens (primary N) is 1. The molecule has 0 atom stereocenters. The van der Waals surface area contributed by atoms with E-state index < -0.39 is 10.0 Å². The largest absolute Gasteiger partial charge is 0.346 e. The summed E-state index contributed by atoms with van der Waals surface area (Å²) in [5.41, 5.74) is 1.03. The molecule has 0 aliphatic heterocycles. The Morgan fingerprint density at radius 3 is 2.59 bits per heavy atom. The summed E-state index contributed by atoms with van der Waals surface area (Å²) in [5.74, 6) is 0. The summed E-state index contributed by atoms with van der Waals surface area (Å²) in [6, 6.07) is 2.79. The van der Waals surface area contributed by atoms with Crippen molar-refractivity contribution in [3.05, 3.63) is 18.0 Å². The van der Waals surface area contributed by atoms with E-state index in [-0.39, 0.29) is 4.90 Å². The van der Waals surface area contributed by atoms with Gasteiger partial charge in [0.2, 0.25) is 10.0 Å². The molecule has 1 aromatic heterocycles. The molecule has 0 saturated heterocycles. The van der Waals surface area contributed by atoms with Gasteiger partial charge in [-0.2, -0.15) is 0 Å². The monoisotopic (exact) mass is 255 g/mol. The maximum absolute atomic E-state index is 11.3. The van der Waals surface area contributed by atoms with Crippen molar-refractivity contribution in [1.82, 2.24) is 9.88 Å². The summed E-state index contributed by atoms with van der Waals surface area (Å²) in [6.45, 7) is 0.733. The highest BCUT2D eigenvalue weighted by atomic mass is 32.2. The highest BCUT2D eigenvalue weighted by Crippen LogP contribution is 2.37. The predicted octanol–water partition coefficient (Wildman–Crippen LogP) is 0.722. The van der Waals surface area contributed by atoms with Crippen LogP contribution in [-0.2, 0) is 16.6 Å². The van der Waals surface area contributed by atoms with Crippen LogP contribution in [0.4, 0.5) is 0 Å². The first-order chi connectivity index (χ1) is 8.04. The quantitative estimate of drug-likeness (QED) is 0.814. The molecule has 2 fully saturated rings. The topological polar surface area (TPSA) is 77.1 Å². The molecule has 2 saturated carbocycles. The lowest BCUT2D eigenvalue weighted by atomic mass is 10.4. The Balaban J connectivity index is 1.85. The zero-order chi connectivity index (χ0) is 12.0. The molecule has 0 unspecified atom stereocenters. The Kier molecular flexibility index (Phi) is 2.53. The van der Waals surface area contributed by atoms with Crippen LogP contribution < -0.4 is 10.5 Å². The van der Waals surface area contributed by atoms with Crippen molar-refractivity contribution < 1.29 is 8.42 Å². The Hall–Kier alpha value is -0.850. The van der Waals surface area contributed by atoms with Gasteiger partial charge < -0.3 is 9.88 Å². The fourth-order valence-electron chi connectivity index (χ4n) is 2.02. The maximum Gasteiger partial charge on any atom is 0.239 e. The van der Waals surface area contributed by atoms with Crippen molar-refractivity contribution in [3.63, 3.8) is 0 Å². The van der Waals surface area contributed by atoms with Crippen LogP contribution in [0.25, 0.3) is 0 Å². The molecule has 17 heavy (non-hydrogen) atoms. The Labute approximate surface area is 101 Å². The van der Waals surface area contributed by atoms with Crippen LogP contribution in [0.3, 0.4) is 0 Å². The van der Waals surface area contributed by atoms with Gasteiger partial charge in [0.25, 0.3) is 0 Å². The van der Waals surface area contributed by atoms with Crippen LogP contribution in [0.5, 0.6) is 0 Å². The molecule has 0 bridgehead atoms. The molecule has 0 radical (unpaired) electrons. The number of sulfonamides is 1. The molecule has 2 aliphatic rings. The van der Waals surface area contributed by atoms with E-state index in [1.165, 1.54) is 12.8 Å². The maximum atomic E-state index is 11.3. The number of nitrogens with zero attached hydrogens (tertiary/aromatic N) is 1. The van der Waals surface area contributed by atoms with Crippen LogP contribution in [0.2, 0.25) is 0 Å². The molecule has 0 aromatic carbocycles. The number of primary sulfonamides is 1. The van der Waals surface area contributed by atoms with Crippen molar-refractivity contribution in [1.29, 1.82) is 0 Å². The van der Waals surface area contributed by atoms with E-state index in [4.69, 9.17) is 5.14 Å². The number of rotatable bonds is 5. The summed E-state index contributed by atoms with van der Waals surface area (Å²) in [7, 11) is -3.58. The molecule has 94 valence electrons. The van der Waals surface area contributed by atoms with Crippen molar-refractivity contribution in [2.45, 2.75) is 49.2 Å². The summed E-state index contributed by atoms with van der Waals surface area (Å²) < 4.78 is 24.7. The lowest BCUT2D eigenvalue weighted by molar-refractivity contribution is 0.597. The second-order valence-corrected chi connectivity index (χ2v) is 6.57. The second kappa shape index (κ2) is 3.83. The van der Waals surface area contributed by atoms with Crippen molar-refractivity contribution in [2.24, 2.45) is 5.14 Å². The van der Waals surface area contributed by atoms with Crippen LogP contribution >= 0.6 is 0 Å². The molecule has 5 nitrogen and oxygen atoms in total. The van der Waals surface area contributed by atoms with Gasteiger partial charge in [0.05, 0.1) is 4.90 Å². The molecule has 3 rings (SSSR count). The average molecular weight is 255 g/mol. The molecule has 0 spiro atoms. The van der Waals surface area contributed by atoms with Gasteiger partial charge in [-0.3, -0.25) is 0 Å². The molecule has 6 heteroatoms. The molecular formula is C11H17N3O2S. The molecular weight excluding hydrogens is 238 g/mol. The zero-order valence-electron chi connectivity index (χ0n) is 9.59. The third-order valence-corrected chi connectivity index (χ3v) is 4.21. The zero-order valence-corrected chi connectivity index (χ0v) is 10.4. The molecule has 1 aromatic rings. The summed E-state index contributed by atoms with van der Waals surface area (Å²) >= 11 is 0. The van der Waals surface area contributed by atoms with Gasteiger partial charge in [0, 0.05) is 30.5 Å². The van der Waals surface area contributed by atoms with Crippen LogP contribution in [-0.4, -0.2) is 19.0 Å². The van der Waals surface area contributed by atoms with E-state index in [0.717, 1.165) is 25.1 Å². The van der Waals surface area contributed by atoms with E-state index in [1.54, 1.807) is 12.3 Å². The van der Waals surface area contributed by atoms with E-state index in [1.807, 2.05) is 0 Å². The SMILES string of the molecule is NS(=O)(=O)c1cc(CNC2CC2)n(C2CC2)c1. The average Bonchev–Trinajstić information content (AvgIpc) is 3.13. The predicted molar refractivity (Wildman–Crippen MR) is 63.9 cm³/mol. The van der Waals surface area contributed by atoms with Crippen LogP contribution in [0, 0.1) is 0 Å². The van der Waals surface area contributed by atoms with E-state index >= 15 is 0 Å². The van der Waals surface area contributed by atoms with Gasteiger partial charge in [-0.15, -0.1) is 0 Å². The summed E-state index contributed by atoms with van der Waals surface area (Å²) in [4.78, 5) is 0.233. The third kappa shape index (κ3) is 2.53. The highest BCUT2D eigenvalue weighted by Gasteiger charge is 2.28. The molecule has 3 N–H and O–H groups in total. The Morgan fingerprint density at radius 1 is 1.35 bits per heavy atom. The normalized spacial score (nSPS) is 20.8. The summed E-state index contributed by atoms with van der Waals surface area (Å²) in [5, 5.41) is 8.57. The molecule has 2 aliphatic carbocycles. The van der Waals surface area contributed by atoms with Gasteiger partial charge in [0.1, 0.15) is 0 Å². The van der Waals surface area contributed by atoms with Crippen molar-refractivity contribution in [2.75, 3.05) is 0 Å². The van der Waals surface area contributed by atoms with Crippen molar-refractivity contribution >= 4 is 10.0 Å². The van der Waals surface area contributed by atoms with Gasteiger partial charge in [-0.1, -0.05) is 0 Å². The lowest BCUT2D eigenvalue weighted by Gasteiger charge is -2.07. The molecule has 0 amide bonds.